The molecule has 0 bridgehead atoms. The molecule has 7 heavy (non-hydrogen) atoms. The van der Waals surface area contributed by atoms with Crippen molar-refractivity contribution in [3.8, 4) is 0 Å². The van der Waals surface area contributed by atoms with Gasteiger partial charge in [0.25, 0.3) is 0 Å². The third-order valence-corrected chi connectivity index (χ3v) is 0. The second-order valence-corrected chi connectivity index (χ2v) is 1.19. The van der Waals surface area contributed by atoms with Crippen molar-refractivity contribution in [3.63, 3.8) is 0 Å². The molecule has 0 aromatic carbocycles. The molecule has 36 valence electrons. The third-order valence-electron chi connectivity index (χ3n) is 0. The molecule has 0 fully saturated rings. The van der Waals surface area contributed by atoms with E-state index in [0.717, 1.165) is 0 Å². The van der Waals surface area contributed by atoms with Crippen LogP contribution in [0.25, 0.3) is 0 Å². The van der Waals surface area contributed by atoms with E-state index in [1.165, 1.54) is 0 Å². The van der Waals surface area contributed by atoms with Crippen LogP contribution in [-0.2, 0) is 26.2 Å². The fourth-order valence-corrected chi connectivity index (χ4v) is 0. The summed E-state index contributed by atoms with van der Waals surface area (Å²) in [5.74, 6) is 0. The summed E-state index contributed by atoms with van der Waals surface area (Å²) in [5, 5.41) is 0. The Morgan fingerprint density at radius 1 is 1.29 bits per heavy atom. The van der Waals surface area contributed by atoms with E-state index < -0.39 is 10.2 Å². The predicted molar refractivity (Wildman–Crippen MR) is 10.5 cm³/mol. The Labute approximate surface area is 106 Å². The summed E-state index contributed by atoms with van der Waals surface area (Å²) >= 11 is 0. The van der Waals surface area contributed by atoms with Crippen molar-refractivity contribution >= 4 is 51.4 Å². The van der Waals surface area contributed by atoms with Gasteiger partial charge in [-0.3, -0.25) is 0 Å². The molecule has 4 nitrogen and oxygen atoms in total. The molecule has 0 amide bonds. The Morgan fingerprint density at radius 2 is 1.29 bits per heavy atom. The molecule has 0 unspecified atom stereocenters. The Bertz CT molecular complexity index is 31.5. The molecule has 0 saturated carbocycles. The maximum atomic E-state index is 8.60. The Hall–Kier alpha value is 2.65. The topological polar surface area (TPSA) is 89.4 Å². The summed E-state index contributed by atoms with van der Waals surface area (Å²) in [6, 6.07) is 0. The largest absolute Gasteiger partial charge is 4.00 e. The smallest absolute Gasteiger partial charge is 0.183 e. The minimum absolute atomic E-state index is 0. The van der Waals surface area contributed by atoms with E-state index in [9.17, 15) is 0 Å². The molecule has 1 N–H and O–H groups in total. The molecule has 7 heteroatoms. The fraction of sp³-hybridized carbons (Fsp3) is 0. The first kappa shape index (κ1) is 16.3. The van der Waals surface area contributed by atoms with Crippen molar-refractivity contribution in [2.45, 2.75) is 0 Å². The van der Waals surface area contributed by atoms with Crippen molar-refractivity contribution in [2.75, 3.05) is 0 Å². The van der Waals surface area contributed by atoms with Crippen molar-refractivity contribution in [2.24, 2.45) is 0 Å². The van der Waals surface area contributed by atoms with Crippen LogP contribution < -0.4 is 14.0 Å². The minimum Gasteiger partial charge on any atom is -0.183 e. The van der Waals surface area contributed by atoms with Gasteiger partial charge in [-0.15, -0.1) is 0 Å². The average molecular weight is 233 g/mol. The number of hydrogen-bond donors (Lipinski definition) is 1. The maximum absolute atomic E-state index is 8.60. The van der Waals surface area contributed by atoms with Crippen LogP contribution in [-0.4, -0.2) is 56.0 Å². The summed E-state index contributed by atoms with van der Waals surface area (Å²) < 4.78 is 32.7. The molecule has 0 saturated heterocycles. The summed E-state index contributed by atoms with van der Waals surface area (Å²) in [4.78, 5) is 0. The zero-order chi connectivity index (χ0) is 4.50. The van der Waals surface area contributed by atoms with Crippen LogP contribution in [0.4, 0.5) is 0 Å². The molecule has 0 aliphatic carbocycles. The second-order valence-electron chi connectivity index (χ2n) is 0.396. The molecule has 0 spiro atoms. The van der Waals surface area contributed by atoms with Crippen LogP contribution in [0.15, 0.2) is 0 Å². The molecule has 0 aromatic heterocycles. The molecular formula is H3ClKO4Zr+3. The van der Waals surface area contributed by atoms with Crippen molar-refractivity contribution in [3.05, 3.63) is 0 Å². The van der Waals surface area contributed by atoms with Gasteiger partial charge in [0.2, 0.25) is 0 Å². The first-order chi connectivity index (χ1) is 2.00. The molecule has 0 atom stereocenters. The molecule has 0 heterocycles. The second kappa shape index (κ2) is 6.77. The normalized spacial score (nSPS) is 8.57. The van der Waals surface area contributed by atoms with Crippen molar-refractivity contribution in [1.82, 2.24) is 0 Å². The fourth-order valence-electron chi connectivity index (χ4n) is 0. The molecular weight excluding hydrogens is 230 g/mol. The standard InChI is InChI=1S/ClHO4.K.Zr.2H/c2-1(3,4)5;;;;/h(H,2,3,4,5);;;;/q;;+4;;-1. The Morgan fingerprint density at radius 3 is 1.29 bits per heavy atom. The van der Waals surface area contributed by atoms with Gasteiger partial charge < -0.3 is 1.43 Å². The first-order valence-corrected chi connectivity index (χ1v) is 1.90. The third kappa shape index (κ3) is 54.5. The van der Waals surface area contributed by atoms with Crippen LogP contribution in [0.5, 0.6) is 0 Å². The van der Waals surface area contributed by atoms with E-state index >= 15 is 0 Å². The number of halogens is 1. The molecule has 0 rings (SSSR count). The zero-order valence-electron chi connectivity index (χ0n) is 3.55. The maximum Gasteiger partial charge on any atom is 4.00 e. The average Bonchev–Trinajstić information content (AvgIpc) is 0.722. The van der Waals surface area contributed by atoms with Gasteiger partial charge >= 0.3 is 77.6 Å². The Balaban J connectivity index is -0.0000000267. The quantitative estimate of drug-likeness (QED) is 0.426. The minimum atomic E-state index is -4.69. The van der Waals surface area contributed by atoms with Gasteiger partial charge in [0.1, 0.15) is 0 Å². The van der Waals surface area contributed by atoms with Gasteiger partial charge in [-0.25, -0.2) is 0 Å². The van der Waals surface area contributed by atoms with Gasteiger partial charge in [0.15, 0.2) is 0 Å². The van der Waals surface area contributed by atoms with Crippen LogP contribution in [0.1, 0.15) is 1.43 Å². The molecule has 0 aromatic rings. The molecule has 0 aliphatic heterocycles. The van der Waals surface area contributed by atoms with E-state index in [2.05, 4.69) is 0 Å². The van der Waals surface area contributed by atoms with Crippen LogP contribution in [0.2, 0.25) is 0 Å². The van der Waals surface area contributed by atoms with Gasteiger partial charge in [-0.2, -0.15) is 14.0 Å². The van der Waals surface area contributed by atoms with E-state index in [0.29, 0.717) is 0 Å². The van der Waals surface area contributed by atoms with Crippen LogP contribution in [0, 0.1) is 10.2 Å². The van der Waals surface area contributed by atoms with Gasteiger partial charge in [0, 0.05) is 0 Å². The molecule has 0 aliphatic rings. The van der Waals surface area contributed by atoms with E-state index in [1.807, 2.05) is 0 Å². The summed E-state index contributed by atoms with van der Waals surface area (Å²) in [5.41, 5.74) is 0. The zero-order valence-corrected chi connectivity index (χ0v) is 5.76. The number of rotatable bonds is 0. The van der Waals surface area contributed by atoms with Crippen molar-refractivity contribution in [1.29, 1.82) is 0 Å². The van der Waals surface area contributed by atoms with Crippen molar-refractivity contribution < 1.29 is 56.5 Å². The van der Waals surface area contributed by atoms with Crippen LogP contribution in [0.3, 0.4) is 0 Å². The van der Waals surface area contributed by atoms with Gasteiger partial charge in [-0.05, 0) is 0 Å². The monoisotopic (exact) mass is 231 g/mol. The Kier molecular flexibility index (Phi) is 15.8. The summed E-state index contributed by atoms with van der Waals surface area (Å²) in [7, 11) is -4.69. The SMILES string of the molecule is [H-].[KH].[O-][Cl+3]([O-])([O-])O.[Zr+4]. The van der Waals surface area contributed by atoms with Gasteiger partial charge in [-0.1, -0.05) is 0 Å². The van der Waals surface area contributed by atoms with E-state index in [1.54, 1.807) is 0 Å². The van der Waals surface area contributed by atoms with E-state index in [4.69, 9.17) is 18.6 Å². The van der Waals surface area contributed by atoms with Gasteiger partial charge in [0.05, 0.1) is 14.9 Å². The predicted octanol–water partition coefficient (Wildman–Crippen LogP) is -4.66. The molecule has 0 radical (unpaired) electrons. The first-order valence-electron chi connectivity index (χ1n) is 0.632. The number of hydrogen-bond acceptors (Lipinski definition) is 4. The van der Waals surface area contributed by atoms with E-state index in [-0.39, 0.29) is 79.0 Å². The summed E-state index contributed by atoms with van der Waals surface area (Å²) in [6.07, 6.45) is 0. The summed E-state index contributed by atoms with van der Waals surface area (Å²) in [6.45, 7) is 0. The van der Waals surface area contributed by atoms with Crippen LogP contribution >= 0.6 is 0 Å².